The van der Waals surface area contributed by atoms with E-state index in [1.165, 1.54) is 6.92 Å². The number of nitrogens with one attached hydrogen (secondary N) is 4. The minimum absolute atomic E-state index is 0.0328. The third kappa shape index (κ3) is 7.92. The lowest BCUT2D eigenvalue weighted by Crippen LogP contribution is -2.57. The Morgan fingerprint density at radius 1 is 1.15 bits per heavy atom. The highest BCUT2D eigenvalue weighted by Crippen LogP contribution is 2.06. The summed E-state index contributed by atoms with van der Waals surface area (Å²) in [6.45, 7) is 5.34. The number of hydrogen-bond donors (Lipinski definition) is 6. The smallest absolute Gasteiger partial charge is 0.326 e. The van der Waals surface area contributed by atoms with Gasteiger partial charge in [-0.05, 0) is 38.6 Å². The largest absolute Gasteiger partial charge is 0.480 e. The third-order valence-electron chi connectivity index (χ3n) is 4.20. The first-order valence-corrected chi connectivity index (χ1v) is 9.13. The lowest BCUT2D eigenvalue weighted by atomic mass is 10.0. The molecular weight excluding hydrogens is 356 g/mol. The van der Waals surface area contributed by atoms with E-state index >= 15 is 0 Å². The van der Waals surface area contributed by atoms with Crippen molar-refractivity contribution < 1.29 is 29.4 Å². The van der Waals surface area contributed by atoms with E-state index in [-0.39, 0.29) is 30.8 Å². The molecule has 1 aliphatic rings. The number of aliphatic carboxylic acids is 1. The van der Waals surface area contributed by atoms with Crippen LogP contribution in [0.1, 0.15) is 40.0 Å². The summed E-state index contributed by atoms with van der Waals surface area (Å²) in [6.07, 6.45) is 0.551. The van der Waals surface area contributed by atoms with E-state index in [2.05, 4.69) is 21.3 Å². The van der Waals surface area contributed by atoms with E-state index in [0.29, 0.717) is 6.42 Å². The van der Waals surface area contributed by atoms with E-state index < -0.39 is 36.0 Å². The van der Waals surface area contributed by atoms with Crippen LogP contribution in [-0.4, -0.2) is 71.2 Å². The first-order chi connectivity index (χ1) is 12.6. The monoisotopic (exact) mass is 386 g/mol. The highest BCUT2D eigenvalue weighted by atomic mass is 16.4. The highest BCUT2D eigenvalue weighted by molar-refractivity contribution is 5.92. The van der Waals surface area contributed by atoms with E-state index in [1.54, 1.807) is 0 Å². The second kappa shape index (κ2) is 10.8. The van der Waals surface area contributed by atoms with E-state index in [4.69, 9.17) is 0 Å². The standard InChI is InChI=1S/C17H30N4O6/c1-9(2)7-12(17(26)27)20-16(25)14(10(3)22)21-13(23)8-19-15(24)11-5-4-6-18-11/h9-12,14,18,22H,4-8H2,1-3H3,(H,19,24)(H,20,25)(H,21,23)(H,26,27)/t10-,11+,12+,14+/m1/s1. The highest BCUT2D eigenvalue weighted by Gasteiger charge is 2.30. The topological polar surface area (TPSA) is 157 Å². The average Bonchev–Trinajstić information content (AvgIpc) is 3.10. The van der Waals surface area contributed by atoms with Crippen LogP contribution in [0, 0.1) is 5.92 Å². The van der Waals surface area contributed by atoms with Crippen molar-refractivity contribution in [3.8, 4) is 0 Å². The number of carboxylic acids is 1. The Bertz CT molecular complexity index is 546. The minimum atomic E-state index is -1.33. The number of amides is 3. The molecule has 1 fully saturated rings. The zero-order chi connectivity index (χ0) is 20.6. The Hall–Kier alpha value is -2.20. The molecule has 0 aromatic carbocycles. The molecule has 4 atom stereocenters. The maximum absolute atomic E-state index is 12.3. The van der Waals surface area contributed by atoms with Crippen LogP contribution in [0.5, 0.6) is 0 Å². The molecular formula is C17H30N4O6. The second-order valence-corrected chi connectivity index (χ2v) is 7.18. The van der Waals surface area contributed by atoms with Crippen molar-refractivity contribution >= 4 is 23.7 Å². The third-order valence-corrected chi connectivity index (χ3v) is 4.20. The maximum Gasteiger partial charge on any atom is 0.326 e. The molecule has 0 aliphatic carbocycles. The molecule has 1 aliphatic heterocycles. The first-order valence-electron chi connectivity index (χ1n) is 9.13. The fraction of sp³-hybridized carbons (Fsp3) is 0.765. The second-order valence-electron chi connectivity index (χ2n) is 7.18. The molecule has 0 aromatic rings. The molecule has 154 valence electrons. The molecule has 10 nitrogen and oxygen atoms in total. The summed E-state index contributed by atoms with van der Waals surface area (Å²) >= 11 is 0. The molecule has 1 heterocycles. The van der Waals surface area contributed by atoms with Crippen LogP contribution in [0.25, 0.3) is 0 Å². The molecule has 1 rings (SSSR count). The summed E-state index contributed by atoms with van der Waals surface area (Å²) < 4.78 is 0. The maximum atomic E-state index is 12.3. The molecule has 10 heteroatoms. The molecule has 0 bridgehead atoms. The van der Waals surface area contributed by atoms with Gasteiger partial charge >= 0.3 is 5.97 Å². The van der Waals surface area contributed by atoms with Gasteiger partial charge in [0.2, 0.25) is 17.7 Å². The van der Waals surface area contributed by atoms with E-state index in [0.717, 1.165) is 13.0 Å². The van der Waals surface area contributed by atoms with Gasteiger partial charge in [0.25, 0.3) is 0 Å². The Morgan fingerprint density at radius 2 is 1.81 bits per heavy atom. The van der Waals surface area contributed by atoms with Crippen molar-refractivity contribution in [3.63, 3.8) is 0 Å². The van der Waals surface area contributed by atoms with Gasteiger partial charge in [-0.3, -0.25) is 14.4 Å². The Morgan fingerprint density at radius 3 is 2.30 bits per heavy atom. The molecule has 0 spiro atoms. The van der Waals surface area contributed by atoms with Gasteiger partial charge in [0.05, 0.1) is 18.7 Å². The SMILES string of the molecule is CC(C)C[C@H](NC(=O)[C@@H](NC(=O)CNC(=O)[C@@H]1CCCN1)[C@@H](C)O)C(=O)O. The number of rotatable bonds is 10. The van der Waals surface area contributed by atoms with Crippen molar-refractivity contribution in [1.29, 1.82) is 0 Å². The number of hydrogen-bond acceptors (Lipinski definition) is 6. The van der Waals surface area contributed by atoms with Crippen molar-refractivity contribution in [2.45, 2.75) is 64.3 Å². The first kappa shape index (κ1) is 22.8. The predicted octanol–water partition coefficient (Wildman–Crippen LogP) is -1.66. The van der Waals surface area contributed by atoms with Crippen LogP contribution in [0.15, 0.2) is 0 Å². The Kier molecular flexibility index (Phi) is 9.16. The molecule has 0 aromatic heterocycles. The number of aliphatic hydroxyl groups excluding tert-OH is 1. The molecule has 1 saturated heterocycles. The normalized spacial score (nSPS) is 19.8. The van der Waals surface area contributed by atoms with Crippen LogP contribution >= 0.6 is 0 Å². The van der Waals surface area contributed by atoms with Gasteiger partial charge in [-0.2, -0.15) is 0 Å². The number of aliphatic hydroxyl groups is 1. The zero-order valence-electron chi connectivity index (χ0n) is 15.9. The Labute approximate surface area is 158 Å². The van der Waals surface area contributed by atoms with Crippen LogP contribution in [0.2, 0.25) is 0 Å². The fourth-order valence-corrected chi connectivity index (χ4v) is 2.78. The lowest BCUT2D eigenvalue weighted by molar-refractivity contribution is -0.143. The van der Waals surface area contributed by atoms with Gasteiger partial charge in [0.1, 0.15) is 12.1 Å². The van der Waals surface area contributed by atoms with Gasteiger partial charge in [-0.1, -0.05) is 13.8 Å². The minimum Gasteiger partial charge on any atom is -0.480 e. The summed E-state index contributed by atoms with van der Waals surface area (Å²) in [5.74, 6) is -2.91. The van der Waals surface area contributed by atoms with Gasteiger partial charge in [-0.25, -0.2) is 4.79 Å². The van der Waals surface area contributed by atoms with Gasteiger partial charge < -0.3 is 31.5 Å². The summed E-state index contributed by atoms with van der Waals surface area (Å²) in [4.78, 5) is 47.5. The van der Waals surface area contributed by atoms with Crippen molar-refractivity contribution in [2.24, 2.45) is 5.92 Å². The molecule has 0 saturated carbocycles. The number of carbonyl (C=O) groups is 4. The Balaban J connectivity index is 2.57. The predicted molar refractivity (Wildman–Crippen MR) is 96.7 cm³/mol. The number of carboxylic acid groups (broad SMARTS) is 1. The summed E-state index contributed by atoms with van der Waals surface area (Å²) in [6, 6.07) is -2.78. The van der Waals surface area contributed by atoms with Crippen molar-refractivity contribution in [1.82, 2.24) is 21.3 Å². The van der Waals surface area contributed by atoms with Crippen LogP contribution in [0.4, 0.5) is 0 Å². The van der Waals surface area contributed by atoms with Gasteiger partial charge in [0.15, 0.2) is 0 Å². The van der Waals surface area contributed by atoms with Crippen LogP contribution < -0.4 is 21.3 Å². The fourth-order valence-electron chi connectivity index (χ4n) is 2.78. The molecule has 0 radical (unpaired) electrons. The van der Waals surface area contributed by atoms with Crippen LogP contribution in [0.3, 0.4) is 0 Å². The molecule has 27 heavy (non-hydrogen) atoms. The molecule has 6 N–H and O–H groups in total. The van der Waals surface area contributed by atoms with E-state index in [1.807, 2.05) is 13.8 Å². The molecule has 0 unspecified atom stereocenters. The summed E-state index contributed by atoms with van der Waals surface area (Å²) in [5, 5.41) is 29.1. The summed E-state index contributed by atoms with van der Waals surface area (Å²) in [7, 11) is 0. The van der Waals surface area contributed by atoms with Crippen LogP contribution in [-0.2, 0) is 19.2 Å². The van der Waals surface area contributed by atoms with Gasteiger partial charge in [-0.15, -0.1) is 0 Å². The molecule has 3 amide bonds. The quantitative estimate of drug-likeness (QED) is 0.262. The van der Waals surface area contributed by atoms with Crippen molar-refractivity contribution in [3.05, 3.63) is 0 Å². The lowest BCUT2D eigenvalue weighted by Gasteiger charge is -2.24. The van der Waals surface area contributed by atoms with E-state index in [9.17, 15) is 29.4 Å². The summed E-state index contributed by atoms with van der Waals surface area (Å²) in [5.41, 5.74) is 0. The van der Waals surface area contributed by atoms with Gasteiger partial charge in [0, 0.05) is 0 Å². The van der Waals surface area contributed by atoms with Crippen molar-refractivity contribution in [2.75, 3.05) is 13.1 Å². The number of carbonyl (C=O) groups excluding carboxylic acids is 3. The average molecular weight is 386 g/mol. The zero-order valence-corrected chi connectivity index (χ0v) is 15.9.